The molecular weight excluding hydrogens is 451 g/mol. The molecule has 0 N–H and O–H groups in total. The topological polar surface area (TPSA) is 52.6 Å². The molecule has 1 spiro atoms. The van der Waals surface area contributed by atoms with Crippen molar-refractivity contribution in [2.45, 2.75) is 56.4 Å². The summed E-state index contributed by atoms with van der Waals surface area (Å²) in [5.74, 6) is 0.659. The first-order chi connectivity index (χ1) is 13.7. The summed E-state index contributed by atoms with van der Waals surface area (Å²) in [4.78, 5) is 0.206. The van der Waals surface area contributed by atoms with Crippen LogP contribution in [0.25, 0.3) is 0 Å². The van der Waals surface area contributed by atoms with Gasteiger partial charge in [-0.1, -0.05) is 0 Å². The molecule has 0 aromatic heterocycles. The number of aryl methyl sites for hydroxylation is 1. The second kappa shape index (κ2) is 6.41. The number of hydrogen-bond donors (Lipinski definition) is 0. The van der Waals surface area contributed by atoms with Crippen molar-refractivity contribution in [3.63, 3.8) is 0 Å². The summed E-state index contributed by atoms with van der Waals surface area (Å²) < 4.78 is 40.5. The van der Waals surface area contributed by atoms with E-state index in [0.29, 0.717) is 5.92 Å². The standard InChI is InChI=1S/C23H28O4SSe/c1-17-9-11-19(12-10-17)28(24,25)27-29(20-7-5-4-6-8-20)16-23-14-13-18(22(23,2)3)15-21(23)26-29/h4-12,18,21H,13-16H2,1-3H3. The Morgan fingerprint density at radius 3 is 2.38 bits per heavy atom. The van der Waals surface area contributed by atoms with Crippen molar-refractivity contribution in [3.8, 4) is 0 Å². The Kier molecular flexibility index (Phi) is 4.37. The van der Waals surface area contributed by atoms with Crippen LogP contribution in [0.4, 0.5) is 0 Å². The predicted octanol–water partition coefficient (Wildman–Crippen LogP) is 4.27. The summed E-state index contributed by atoms with van der Waals surface area (Å²) in [5.41, 5.74) is 1.20. The van der Waals surface area contributed by atoms with Gasteiger partial charge in [-0.15, -0.1) is 0 Å². The molecule has 4 atom stereocenters. The minimum absolute atomic E-state index is 0.0241. The molecule has 1 saturated heterocycles. The molecule has 5 rings (SSSR count). The monoisotopic (exact) mass is 480 g/mol. The third-order valence-electron chi connectivity index (χ3n) is 7.69. The van der Waals surface area contributed by atoms with Crippen molar-refractivity contribution in [2.75, 3.05) is 0 Å². The fraction of sp³-hybridized carbons (Fsp3) is 0.478. The van der Waals surface area contributed by atoms with Crippen LogP contribution in [0.5, 0.6) is 0 Å². The summed E-state index contributed by atoms with van der Waals surface area (Å²) >= 11 is -3.42. The van der Waals surface area contributed by atoms with Crippen molar-refractivity contribution in [2.24, 2.45) is 16.7 Å². The van der Waals surface area contributed by atoms with Gasteiger partial charge in [-0.2, -0.15) is 0 Å². The molecular formula is C23H28O4SSe. The fourth-order valence-corrected chi connectivity index (χ4v) is 16.2. The molecule has 0 amide bonds. The molecule has 2 saturated carbocycles. The average Bonchev–Trinajstić information content (AvgIpc) is 3.22. The van der Waals surface area contributed by atoms with Crippen molar-refractivity contribution >= 4 is 28.1 Å². The molecule has 156 valence electrons. The average molecular weight is 480 g/mol. The second-order valence-corrected chi connectivity index (χ2v) is 16.3. The Bertz CT molecular complexity index is 1030. The van der Waals surface area contributed by atoms with Gasteiger partial charge in [0.15, 0.2) is 0 Å². The zero-order valence-electron chi connectivity index (χ0n) is 17.1. The van der Waals surface area contributed by atoms with Crippen molar-refractivity contribution in [1.82, 2.24) is 0 Å². The molecule has 3 aliphatic rings. The van der Waals surface area contributed by atoms with E-state index in [4.69, 9.17) is 7.08 Å². The molecule has 3 fully saturated rings. The SMILES string of the molecule is Cc1ccc(S(=O)(=O)O[Se]2(c3ccccc3)CC34CCC(CC3O2)C4(C)C)cc1. The molecule has 4 nitrogen and oxygen atoms in total. The summed E-state index contributed by atoms with van der Waals surface area (Å²) in [6.45, 7) is 6.64. The Morgan fingerprint density at radius 1 is 1.07 bits per heavy atom. The quantitative estimate of drug-likeness (QED) is 0.615. The van der Waals surface area contributed by atoms with Crippen LogP contribution in [-0.4, -0.2) is 28.0 Å². The van der Waals surface area contributed by atoms with Crippen molar-refractivity contribution in [3.05, 3.63) is 60.2 Å². The van der Waals surface area contributed by atoms with E-state index in [2.05, 4.69) is 13.8 Å². The van der Waals surface area contributed by atoms with E-state index in [-0.39, 0.29) is 21.8 Å². The zero-order chi connectivity index (χ0) is 20.5. The van der Waals surface area contributed by atoms with Gasteiger partial charge in [0.05, 0.1) is 0 Å². The van der Waals surface area contributed by atoms with Gasteiger partial charge in [0, 0.05) is 0 Å². The van der Waals surface area contributed by atoms with Crippen LogP contribution in [0.2, 0.25) is 5.32 Å². The first kappa shape index (κ1) is 19.8. The van der Waals surface area contributed by atoms with Crippen LogP contribution in [-0.2, 0) is 17.2 Å². The molecule has 0 radical (unpaired) electrons. The van der Waals surface area contributed by atoms with Crippen LogP contribution in [0, 0.1) is 23.7 Å². The molecule has 1 heterocycles. The van der Waals surface area contributed by atoms with Crippen LogP contribution in [0.15, 0.2) is 59.5 Å². The third kappa shape index (κ3) is 2.80. The molecule has 2 aromatic carbocycles. The molecule has 29 heavy (non-hydrogen) atoms. The van der Waals surface area contributed by atoms with Gasteiger partial charge in [-0.3, -0.25) is 0 Å². The normalized spacial score (nSPS) is 37.2. The van der Waals surface area contributed by atoms with Gasteiger partial charge >= 0.3 is 177 Å². The molecule has 1 aliphatic heterocycles. The summed E-state index contributed by atoms with van der Waals surface area (Å²) in [7, 11) is -3.91. The summed E-state index contributed by atoms with van der Waals surface area (Å²) in [6.07, 6.45) is 3.44. The van der Waals surface area contributed by atoms with E-state index in [9.17, 15) is 8.42 Å². The third-order valence-corrected chi connectivity index (χ3v) is 16.5. The Labute approximate surface area is 176 Å². The number of hydrogen-bond acceptors (Lipinski definition) is 4. The van der Waals surface area contributed by atoms with Gasteiger partial charge < -0.3 is 0 Å². The zero-order valence-corrected chi connectivity index (χ0v) is 19.7. The maximum atomic E-state index is 13.3. The van der Waals surface area contributed by atoms with E-state index in [0.717, 1.165) is 28.2 Å². The Hall–Kier alpha value is -1.17. The van der Waals surface area contributed by atoms with E-state index < -0.39 is 23.6 Å². The van der Waals surface area contributed by atoms with Gasteiger partial charge in [0.25, 0.3) is 0 Å². The maximum absolute atomic E-state index is 13.3. The molecule has 6 heteroatoms. The van der Waals surface area contributed by atoms with Gasteiger partial charge in [-0.25, -0.2) is 0 Å². The van der Waals surface area contributed by atoms with Gasteiger partial charge in [-0.05, 0) is 0 Å². The van der Waals surface area contributed by atoms with Crippen molar-refractivity contribution in [1.29, 1.82) is 0 Å². The van der Waals surface area contributed by atoms with Crippen molar-refractivity contribution < 1.29 is 15.5 Å². The van der Waals surface area contributed by atoms with Crippen LogP contribution >= 0.6 is 0 Å². The van der Waals surface area contributed by atoms with Gasteiger partial charge in [0.2, 0.25) is 0 Å². The first-order valence-electron chi connectivity index (χ1n) is 10.3. The summed E-state index contributed by atoms with van der Waals surface area (Å²) in [5, 5.41) is 0.729. The Morgan fingerprint density at radius 2 is 1.76 bits per heavy atom. The van der Waals surface area contributed by atoms with Crippen LogP contribution in [0.1, 0.15) is 38.7 Å². The predicted molar refractivity (Wildman–Crippen MR) is 115 cm³/mol. The number of rotatable bonds is 4. The molecule has 2 aromatic rings. The fourth-order valence-electron chi connectivity index (χ4n) is 5.77. The minimum atomic E-state index is -3.91. The van der Waals surface area contributed by atoms with Crippen LogP contribution < -0.4 is 4.46 Å². The van der Waals surface area contributed by atoms with E-state index >= 15 is 0 Å². The molecule has 4 unspecified atom stereocenters. The van der Waals surface area contributed by atoms with E-state index in [1.807, 2.05) is 49.4 Å². The van der Waals surface area contributed by atoms with E-state index in [1.54, 1.807) is 12.1 Å². The second-order valence-electron chi connectivity index (χ2n) is 9.34. The number of benzene rings is 2. The molecule has 2 aliphatic carbocycles. The van der Waals surface area contributed by atoms with Gasteiger partial charge in [0.1, 0.15) is 0 Å². The number of fused-ring (bicyclic) bond motifs is 1. The summed E-state index contributed by atoms with van der Waals surface area (Å²) in [6, 6.07) is 16.7. The first-order valence-corrected chi connectivity index (χ1v) is 15.1. The van der Waals surface area contributed by atoms with E-state index in [1.165, 1.54) is 6.42 Å². The Balaban J connectivity index is 1.59. The molecule has 2 bridgehead atoms. The van der Waals surface area contributed by atoms with Crippen LogP contribution in [0.3, 0.4) is 0 Å².